The van der Waals surface area contributed by atoms with E-state index in [4.69, 9.17) is 4.74 Å². The highest BCUT2D eigenvalue weighted by molar-refractivity contribution is 5.94. The molecule has 2 aliphatic heterocycles. The molecule has 0 saturated carbocycles. The minimum absolute atomic E-state index is 0.0912. The van der Waals surface area contributed by atoms with Crippen LogP contribution in [0.3, 0.4) is 0 Å². The second-order valence-electron chi connectivity index (χ2n) is 8.84. The Bertz CT molecular complexity index is 829. The van der Waals surface area contributed by atoms with Gasteiger partial charge in [-0.05, 0) is 44.2 Å². The van der Waals surface area contributed by atoms with Crippen LogP contribution in [-0.4, -0.2) is 72.6 Å². The van der Waals surface area contributed by atoms with E-state index in [0.29, 0.717) is 0 Å². The van der Waals surface area contributed by atoms with E-state index in [0.717, 1.165) is 44.8 Å². The van der Waals surface area contributed by atoms with Crippen LogP contribution < -0.4 is 0 Å². The van der Waals surface area contributed by atoms with Crippen molar-refractivity contribution in [3.05, 3.63) is 71.3 Å². The fraction of sp³-hybridized carbons (Fsp3) is 0.480. The summed E-state index contributed by atoms with van der Waals surface area (Å²) in [5.41, 5.74) is 3.21. The van der Waals surface area contributed by atoms with E-state index in [1.165, 1.54) is 11.1 Å². The van der Waals surface area contributed by atoms with Gasteiger partial charge in [0.2, 0.25) is 0 Å². The molecule has 0 aromatic heterocycles. The summed E-state index contributed by atoms with van der Waals surface area (Å²) < 4.78 is 5.83. The maximum atomic E-state index is 13.4. The quantitative estimate of drug-likeness (QED) is 0.778. The molecule has 4 rings (SSSR count). The second kappa shape index (κ2) is 9.29. The highest BCUT2D eigenvalue weighted by Crippen LogP contribution is 2.27. The van der Waals surface area contributed by atoms with Crippen LogP contribution in [0, 0.1) is 0 Å². The summed E-state index contributed by atoms with van der Waals surface area (Å²) in [7, 11) is 2.12. The van der Waals surface area contributed by atoms with Crippen molar-refractivity contribution in [1.29, 1.82) is 0 Å². The number of amides is 1. The minimum atomic E-state index is 0.0912. The first-order valence-electron chi connectivity index (χ1n) is 11.0. The average molecular weight is 408 g/mol. The van der Waals surface area contributed by atoms with E-state index in [1.54, 1.807) is 0 Å². The van der Waals surface area contributed by atoms with Gasteiger partial charge in [-0.25, -0.2) is 0 Å². The normalized spacial score (nSPS) is 26.0. The third-order valence-corrected chi connectivity index (χ3v) is 6.13. The highest BCUT2D eigenvalue weighted by atomic mass is 16.5. The Morgan fingerprint density at radius 1 is 0.933 bits per heavy atom. The number of carbonyl (C=O) groups is 1. The van der Waals surface area contributed by atoms with Crippen LogP contribution in [0.1, 0.15) is 41.4 Å². The number of nitrogens with zero attached hydrogens (tertiary/aromatic N) is 3. The van der Waals surface area contributed by atoms with Crippen LogP contribution in [-0.2, 0) is 11.3 Å². The molecule has 2 heterocycles. The molecule has 0 bridgehead atoms. The van der Waals surface area contributed by atoms with Crippen LogP contribution >= 0.6 is 0 Å². The molecule has 2 aromatic rings. The number of likely N-dealkylation sites (N-methyl/N-ethyl adjacent to an activating group) is 1. The Kier molecular flexibility index (Phi) is 6.52. The van der Waals surface area contributed by atoms with Crippen LogP contribution in [0.4, 0.5) is 0 Å². The summed E-state index contributed by atoms with van der Waals surface area (Å²) in [4.78, 5) is 20.1. The van der Waals surface area contributed by atoms with Gasteiger partial charge in [0.15, 0.2) is 0 Å². The van der Waals surface area contributed by atoms with Gasteiger partial charge in [-0.3, -0.25) is 9.69 Å². The fourth-order valence-corrected chi connectivity index (χ4v) is 4.71. The largest absolute Gasteiger partial charge is 0.373 e. The fourth-order valence-electron chi connectivity index (χ4n) is 4.71. The molecule has 5 nitrogen and oxygen atoms in total. The van der Waals surface area contributed by atoms with Gasteiger partial charge in [0.25, 0.3) is 5.91 Å². The van der Waals surface area contributed by atoms with E-state index in [9.17, 15) is 4.79 Å². The molecule has 2 aromatic carbocycles. The summed E-state index contributed by atoms with van der Waals surface area (Å²) in [6, 6.07) is 18.7. The van der Waals surface area contributed by atoms with Crippen molar-refractivity contribution in [3.63, 3.8) is 0 Å². The molecule has 0 aliphatic carbocycles. The number of morpholine rings is 1. The first kappa shape index (κ1) is 21.0. The summed E-state index contributed by atoms with van der Waals surface area (Å²) >= 11 is 0. The molecular formula is C25H33N3O2. The molecule has 1 amide bonds. The molecule has 2 saturated heterocycles. The van der Waals surface area contributed by atoms with Crippen molar-refractivity contribution in [2.45, 2.75) is 38.6 Å². The third kappa shape index (κ3) is 4.91. The highest BCUT2D eigenvalue weighted by Gasteiger charge is 2.30. The lowest BCUT2D eigenvalue weighted by Crippen LogP contribution is -2.49. The maximum Gasteiger partial charge on any atom is 0.254 e. The van der Waals surface area contributed by atoms with Crippen molar-refractivity contribution in [1.82, 2.24) is 14.7 Å². The lowest BCUT2D eigenvalue weighted by molar-refractivity contribution is -0.0704. The van der Waals surface area contributed by atoms with Crippen LogP contribution in [0.5, 0.6) is 0 Å². The van der Waals surface area contributed by atoms with Gasteiger partial charge in [-0.15, -0.1) is 0 Å². The molecule has 5 heteroatoms. The summed E-state index contributed by atoms with van der Waals surface area (Å²) in [5, 5.41) is 0. The van der Waals surface area contributed by atoms with Crippen molar-refractivity contribution >= 4 is 5.91 Å². The van der Waals surface area contributed by atoms with Crippen LogP contribution in [0.2, 0.25) is 0 Å². The molecule has 160 valence electrons. The minimum Gasteiger partial charge on any atom is -0.373 e. The standard InChI is InChI=1S/C25H33N3O2/c1-19-15-27(16-20(2)30-19)17-21-9-11-23(12-10-21)25(29)28-14-13-26(3)18-24(28)22-7-5-4-6-8-22/h4-12,19-20,24H,13-18H2,1-3H3. The van der Waals surface area contributed by atoms with Gasteiger partial charge in [0, 0.05) is 44.8 Å². The second-order valence-corrected chi connectivity index (χ2v) is 8.84. The van der Waals surface area contributed by atoms with Crippen molar-refractivity contribution in [2.24, 2.45) is 0 Å². The third-order valence-electron chi connectivity index (χ3n) is 6.13. The van der Waals surface area contributed by atoms with Gasteiger partial charge < -0.3 is 14.5 Å². The molecule has 0 radical (unpaired) electrons. The zero-order chi connectivity index (χ0) is 21.1. The van der Waals surface area contributed by atoms with Crippen LogP contribution in [0.15, 0.2) is 54.6 Å². The van der Waals surface area contributed by atoms with E-state index in [1.807, 2.05) is 23.1 Å². The van der Waals surface area contributed by atoms with Gasteiger partial charge in [0.05, 0.1) is 18.2 Å². The predicted molar refractivity (Wildman–Crippen MR) is 119 cm³/mol. The van der Waals surface area contributed by atoms with E-state index in [-0.39, 0.29) is 24.2 Å². The number of piperazine rings is 1. The molecule has 3 unspecified atom stereocenters. The van der Waals surface area contributed by atoms with E-state index >= 15 is 0 Å². The number of rotatable bonds is 4. The Morgan fingerprint density at radius 3 is 2.27 bits per heavy atom. The van der Waals surface area contributed by atoms with E-state index in [2.05, 4.69) is 67.1 Å². The lowest BCUT2D eigenvalue weighted by Gasteiger charge is -2.40. The molecule has 2 aliphatic rings. The zero-order valence-electron chi connectivity index (χ0n) is 18.3. The van der Waals surface area contributed by atoms with Gasteiger partial charge in [0.1, 0.15) is 0 Å². The Labute approximate surface area is 180 Å². The number of hydrogen-bond acceptors (Lipinski definition) is 4. The molecular weight excluding hydrogens is 374 g/mol. The van der Waals surface area contributed by atoms with Gasteiger partial charge in [-0.1, -0.05) is 42.5 Å². The lowest BCUT2D eigenvalue weighted by atomic mass is 10.0. The Balaban J connectivity index is 1.46. The Morgan fingerprint density at radius 2 is 1.60 bits per heavy atom. The smallest absolute Gasteiger partial charge is 0.254 e. The molecule has 30 heavy (non-hydrogen) atoms. The van der Waals surface area contributed by atoms with Crippen molar-refractivity contribution in [3.8, 4) is 0 Å². The van der Waals surface area contributed by atoms with Crippen molar-refractivity contribution in [2.75, 3.05) is 39.8 Å². The molecule has 2 fully saturated rings. The number of ether oxygens (including phenoxy) is 1. The van der Waals surface area contributed by atoms with Gasteiger partial charge >= 0.3 is 0 Å². The average Bonchev–Trinajstić information content (AvgIpc) is 2.74. The summed E-state index contributed by atoms with van der Waals surface area (Å²) in [6.07, 6.45) is 0.531. The predicted octanol–water partition coefficient (Wildman–Crippen LogP) is 3.42. The van der Waals surface area contributed by atoms with Crippen molar-refractivity contribution < 1.29 is 9.53 Å². The molecule has 0 N–H and O–H groups in total. The molecule has 3 atom stereocenters. The SMILES string of the molecule is CC1CN(Cc2ccc(C(=O)N3CCN(C)CC3c3ccccc3)cc2)CC(C)O1. The summed E-state index contributed by atoms with van der Waals surface area (Å²) in [6.45, 7) is 9.57. The van der Waals surface area contributed by atoms with Crippen LogP contribution in [0.25, 0.3) is 0 Å². The first-order valence-corrected chi connectivity index (χ1v) is 11.0. The topological polar surface area (TPSA) is 36.0 Å². The van der Waals surface area contributed by atoms with E-state index < -0.39 is 0 Å². The van der Waals surface area contributed by atoms with Gasteiger partial charge in [-0.2, -0.15) is 0 Å². The first-order chi connectivity index (χ1) is 14.5. The molecule has 0 spiro atoms. The summed E-state index contributed by atoms with van der Waals surface area (Å²) in [5.74, 6) is 0.122. The monoisotopic (exact) mass is 407 g/mol. The number of benzene rings is 2. The maximum absolute atomic E-state index is 13.4. The number of carbonyl (C=O) groups excluding carboxylic acids is 1. The number of hydrogen-bond donors (Lipinski definition) is 0. The Hall–Kier alpha value is -2.21. The zero-order valence-corrected chi connectivity index (χ0v) is 18.3.